The van der Waals surface area contributed by atoms with Crippen LogP contribution in [-0.2, 0) is 0 Å². The Bertz CT molecular complexity index is 496. The molecule has 4 aliphatic rings. The summed E-state index contributed by atoms with van der Waals surface area (Å²) in [4.78, 5) is 0. The summed E-state index contributed by atoms with van der Waals surface area (Å²) in [6.07, 6.45) is 10.9. The van der Waals surface area contributed by atoms with Gasteiger partial charge in [-0.15, -0.1) is 0 Å². The molecule has 3 unspecified atom stereocenters. The van der Waals surface area contributed by atoms with Crippen molar-refractivity contribution in [2.75, 3.05) is 0 Å². The fourth-order valence-electron chi connectivity index (χ4n) is 7.45. The zero-order valence-corrected chi connectivity index (χ0v) is 14.2. The maximum atomic E-state index is 10.1. The molecule has 0 aromatic carbocycles. The van der Waals surface area contributed by atoms with Crippen LogP contribution in [0.1, 0.15) is 71.6 Å². The second-order valence-electron chi connectivity index (χ2n) is 9.39. The van der Waals surface area contributed by atoms with Gasteiger partial charge >= 0.3 is 0 Å². The summed E-state index contributed by atoms with van der Waals surface area (Å²) < 4.78 is 0. The Morgan fingerprint density at radius 2 is 1.64 bits per heavy atom. The van der Waals surface area contributed by atoms with Crippen molar-refractivity contribution < 1.29 is 5.11 Å². The Balaban J connectivity index is 1.62. The summed E-state index contributed by atoms with van der Waals surface area (Å²) in [7, 11) is 0. The summed E-state index contributed by atoms with van der Waals surface area (Å²) >= 11 is 0. The zero-order chi connectivity index (χ0) is 15.5. The van der Waals surface area contributed by atoms with E-state index in [2.05, 4.69) is 19.9 Å². The molecule has 0 aliphatic heterocycles. The van der Waals surface area contributed by atoms with E-state index in [-0.39, 0.29) is 6.10 Å². The van der Waals surface area contributed by atoms with Crippen LogP contribution in [0.25, 0.3) is 0 Å². The highest BCUT2D eigenvalue weighted by atomic mass is 16.3. The van der Waals surface area contributed by atoms with Crippen LogP contribution in [0.4, 0.5) is 0 Å². The van der Waals surface area contributed by atoms with Gasteiger partial charge in [0.25, 0.3) is 0 Å². The first kappa shape index (κ1) is 15.0. The molecule has 0 spiro atoms. The highest BCUT2D eigenvalue weighted by Crippen LogP contribution is 2.67. The van der Waals surface area contributed by atoms with Crippen molar-refractivity contribution in [3.63, 3.8) is 0 Å². The van der Waals surface area contributed by atoms with E-state index in [9.17, 15) is 10.4 Å². The minimum absolute atomic E-state index is 0.0436. The van der Waals surface area contributed by atoms with Gasteiger partial charge in [-0.3, -0.25) is 0 Å². The van der Waals surface area contributed by atoms with Gasteiger partial charge in [0.05, 0.1) is 18.1 Å². The smallest absolute Gasteiger partial charge is 0.0661 e. The van der Waals surface area contributed by atoms with Crippen molar-refractivity contribution in [2.45, 2.75) is 77.7 Å². The minimum Gasteiger partial charge on any atom is -0.393 e. The van der Waals surface area contributed by atoms with Crippen LogP contribution in [-0.4, -0.2) is 11.2 Å². The number of aliphatic hydroxyl groups excluding tert-OH is 1. The SMILES string of the molecule is C[C@]12CC[C@@H](O)CC1CC[C@@H]1C2CC[C@@]2(C)C1CC[C@H]2C#N. The molecule has 0 aromatic heterocycles. The van der Waals surface area contributed by atoms with E-state index in [1.165, 1.54) is 38.5 Å². The average Bonchev–Trinajstić information content (AvgIpc) is 2.84. The number of nitriles is 1. The summed E-state index contributed by atoms with van der Waals surface area (Å²) in [5, 5.41) is 19.6. The first-order chi connectivity index (χ1) is 10.5. The van der Waals surface area contributed by atoms with E-state index < -0.39 is 0 Å². The number of hydrogen-bond donors (Lipinski definition) is 1. The van der Waals surface area contributed by atoms with Crippen LogP contribution in [0.3, 0.4) is 0 Å². The predicted octanol–water partition coefficient (Wildman–Crippen LogP) is 4.53. The summed E-state index contributed by atoms with van der Waals surface area (Å²) in [6, 6.07) is 2.64. The molecule has 122 valence electrons. The summed E-state index contributed by atoms with van der Waals surface area (Å²) in [5.74, 6) is 3.55. The van der Waals surface area contributed by atoms with Crippen molar-refractivity contribution in [1.29, 1.82) is 5.26 Å². The fraction of sp³-hybridized carbons (Fsp3) is 0.950. The molecule has 0 saturated heterocycles. The number of hydrogen-bond acceptors (Lipinski definition) is 2. The van der Waals surface area contributed by atoms with Gasteiger partial charge in [-0.1, -0.05) is 13.8 Å². The van der Waals surface area contributed by atoms with E-state index in [1.807, 2.05) is 0 Å². The van der Waals surface area contributed by atoms with Gasteiger partial charge in [0.15, 0.2) is 0 Å². The first-order valence-electron chi connectivity index (χ1n) is 9.56. The van der Waals surface area contributed by atoms with E-state index in [0.29, 0.717) is 16.7 Å². The van der Waals surface area contributed by atoms with E-state index in [1.54, 1.807) is 0 Å². The maximum absolute atomic E-state index is 10.1. The van der Waals surface area contributed by atoms with Gasteiger partial charge in [0, 0.05) is 0 Å². The fourth-order valence-corrected chi connectivity index (χ4v) is 7.45. The van der Waals surface area contributed by atoms with E-state index in [4.69, 9.17) is 0 Å². The molecule has 0 bridgehead atoms. The van der Waals surface area contributed by atoms with Gasteiger partial charge in [0.2, 0.25) is 0 Å². The Morgan fingerprint density at radius 1 is 0.909 bits per heavy atom. The molecular formula is C20H31NO. The molecule has 4 rings (SSSR count). The van der Waals surface area contributed by atoms with Crippen LogP contribution in [0.15, 0.2) is 0 Å². The zero-order valence-electron chi connectivity index (χ0n) is 14.2. The van der Waals surface area contributed by atoms with E-state index >= 15 is 0 Å². The second-order valence-corrected chi connectivity index (χ2v) is 9.39. The molecule has 2 nitrogen and oxygen atoms in total. The molecule has 0 aromatic rings. The molecule has 8 atom stereocenters. The van der Waals surface area contributed by atoms with Crippen LogP contribution < -0.4 is 0 Å². The van der Waals surface area contributed by atoms with Crippen molar-refractivity contribution in [3.8, 4) is 6.07 Å². The third-order valence-electron chi connectivity index (χ3n) is 8.79. The molecule has 2 heteroatoms. The third-order valence-corrected chi connectivity index (χ3v) is 8.79. The minimum atomic E-state index is -0.0436. The highest BCUT2D eigenvalue weighted by molar-refractivity contribution is 5.12. The molecule has 4 aliphatic carbocycles. The lowest BCUT2D eigenvalue weighted by Crippen LogP contribution is -2.53. The highest BCUT2D eigenvalue weighted by Gasteiger charge is 2.60. The lowest BCUT2D eigenvalue weighted by molar-refractivity contribution is -0.124. The van der Waals surface area contributed by atoms with E-state index in [0.717, 1.165) is 42.9 Å². The standard InChI is InChI=1S/C20H31NO/c1-19-9-7-15(22)11-13(19)3-5-16-17-6-4-14(12-21)20(17,2)10-8-18(16)19/h13-18,22H,3-11H2,1-2H3/t13?,14-,15+,16-,17?,18?,19-,20+/m0/s1. The lowest BCUT2D eigenvalue weighted by Gasteiger charge is -2.60. The average molecular weight is 301 g/mol. The Labute approximate surface area is 135 Å². The van der Waals surface area contributed by atoms with Crippen LogP contribution in [0, 0.1) is 51.8 Å². The Kier molecular flexibility index (Phi) is 3.39. The Morgan fingerprint density at radius 3 is 2.41 bits per heavy atom. The van der Waals surface area contributed by atoms with Gasteiger partial charge in [-0.2, -0.15) is 5.26 Å². The molecular weight excluding hydrogens is 270 g/mol. The van der Waals surface area contributed by atoms with Crippen molar-refractivity contribution in [3.05, 3.63) is 0 Å². The first-order valence-corrected chi connectivity index (χ1v) is 9.56. The summed E-state index contributed by atoms with van der Waals surface area (Å²) in [5.41, 5.74) is 0.765. The predicted molar refractivity (Wildman–Crippen MR) is 86.8 cm³/mol. The number of nitrogens with zero attached hydrogens (tertiary/aromatic N) is 1. The second kappa shape index (κ2) is 4.97. The maximum Gasteiger partial charge on any atom is 0.0661 e. The molecule has 0 amide bonds. The van der Waals surface area contributed by atoms with Gasteiger partial charge in [-0.25, -0.2) is 0 Å². The largest absolute Gasteiger partial charge is 0.393 e. The third kappa shape index (κ3) is 1.87. The number of rotatable bonds is 0. The van der Waals surface area contributed by atoms with Gasteiger partial charge in [-0.05, 0) is 92.3 Å². The van der Waals surface area contributed by atoms with Gasteiger partial charge in [0.1, 0.15) is 0 Å². The van der Waals surface area contributed by atoms with Crippen LogP contribution in [0.5, 0.6) is 0 Å². The number of fused-ring (bicyclic) bond motifs is 5. The summed E-state index contributed by atoms with van der Waals surface area (Å²) in [6.45, 7) is 4.97. The Hall–Kier alpha value is -0.550. The lowest BCUT2D eigenvalue weighted by atomic mass is 9.45. The monoisotopic (exact) mass is 301 g/mol. The van der Waals surface area contributed by atoms with Crippen molar-refractivity contribution >= 4 is 0 Å². The van der Waals surface area contributed by atoms with Gasteiger partial charge < -0.3 is 5.11 Å². The molecule has 0 heterocycles. The topological polar surface area (TPSA) is 44.0 Å². The van der Waals surface area contributed by atoms with Crippen LogP contribution >= 0.6 is 0 Å². The van der Waals surface area contributed by atoms with Crippen molar-refractivity contribution in [1.82, 2.24) is 0 Å². The molecule has 22 heavy (non-hydrogen) atoms. The van der Waals surface area contributed by atoms with Crippen molar-refractivity contribution in [2.24, 2.45) is 40.4 Å². The molecule has 4 fully saturated rings. The normalized spacial score (nSPS) is 57.4. The quantitative estimate of drug-likeness (QED) is 0.714. The van der Waals surface area contributed by atoms with Crippen LogP contribution in [0.2, 0.25) is 0 Å². The molecule has 0 radical (unpaired) electrons. The molecule has 4 saturated carbocycles. The number of aliphatic hydroxyl groups is 1. The molecule has 1 N–H and O–H groups in total.